The van der Waals surface area contributed by atoms with Gasteiger partial charge in [-0.3, -0.25) is 0 Å². The van der Waals surface area contributed by atoms with Crippen LogP contribution in [0.2, 0.25) is 5.02 Å². The van der Waals surface area contributed by atoms with Gasteiger partial charge >= 0.3 is 0 Å². The van der Waals surface area contributed by atoms with Crippen LogP contribution < -0.4 is 20.5 Å². The van der Waals surface area contributed by atoms with Crippen molar-refractivity contribution in [2.75, 3.05) is 19.5 Å². The zero-order valence-corrected chi connectivity index (χ0v) is 15.1. The number of nitrogens with two attached hydrogens (primary N) is 1. The minimum atomic E-state index is 0.288. The van der Waals surface area contributed by atoms with E-state index in [1.54, 1.807) is 26.4 Å². The van der Waals surface area contributed by atoms with Crippen LogP contribution in [0, 0.1) is 0 Å². The molecule has 0 amide bonds. The van der Waals surface area contributed by atoms with Gasteiger partial charge in [0, 0.05) is 21.2 Å². The molecule has 2 aromatic carbocycles. The second-order valence-corrected chi connectivity index (χ2v) is 5.95. The Morgan fingerprint density at radius 2 is 1.91 bits per heavy atom. The zero-order chi connectivity index (χ0) is 16.8. The SMILES string of the molecule is COc1ccc(NC(N)=NCc2ccc(Br)cc2Cl)cc1OC. The van der Waals surface area contributed by atoms with Crippen molar-refractivity contribution < 1.29 is 9.47 Å². The molecule has 122 valence electrons. The molecule has 2 rings (SSSR count). The number of guanidine groups is 1. The van der Waals surface area contributed by atoms with Gasteiger partial charge in [-0.05, 0) is 29.8 Å². The van der Waals surface area contributed by atoms with E-state index in [0.29, 0.717) is 23.1 Å². The van der Waals surface area contributed by atoms with Crippen molar-refractivity contribution in [1.82, 2.24) is 0 Å². The summed E-state index contributed by atoms with van der Waals surface area (Å²) in [5, 5.41) is 3.65. The number of methoxy groups -OCH3 is 2. The second kappa shape index (κ2) is 8.08. The minimum Gasteiger partial charge on any atom is -0.493 e. The predicted molar refractivity (Wildman–Crippen MR) is 97.6 cm³/mol. The Bertz CT molecular complexity index is 722. The van der Waals surface area contributed by atoms with Crippen LogP contribution >= 0.6 is 27.5 Å². The van der Waals surface area contributed by atoms with Gasteiger partial charge in [-0.15, -0.1) is 0 Å². The third-order valence-electron chi connectivity index (χ3n) is 3.09. The molecule has 0 atom stereocenters. The van der Waals surface area contributed by atoms with Crippen LogP contribution in [0.1, 0.15) is 5.56 Å². The summed E-state index contributed by atoms with van der Waals surface area (Å²) >= 11 is 9.52. The van der Waals surface area contributed by atoms with Gasteiger partial charge in [-0.1, -0.05) is 33.6 Å². The lowest BCUT2D eigenvalue weighted by Gasteiger charge is -2.11. The molecular formula is C16H17BrClN3O2. The number of halogens is 2. The van der Waals surface area contributed by atoms with E-state index >= 15 is 0 Å². The monoisotopic (exact) mass is 397 g/mol. The average Bonchev–Trinajstić information content (AvgIpc) is 2.54. The molecule has 0 saturated carbocycles. The molecule has 0 aromatic heterocycles. The Labute approximate surface area is 148 Å². The molecule has 0 radical (unpaired) electrons. The molecule has 0 aliphatic carbocycles. The summed E-state index contributed by atoms with van der Waals surface area (Å²) < 4.78 is 11.4. The van der Waals surface area contributed by atoms with E-state index in [9.17, 15) is 0 Å². The van der Waals surface area contributed by atoms with Crippen LogP contribution in [0.15, 0.2) is 45.9 Å². The summed E-state index contributed by atoms with van der Waals surface area (Å²) in [7, 11) is 3.16. The third kappa shape index (κ3) is 4.77. The fourth-order valence-electron chi connectivity index (χ4n) is 1.92. The highest BCUT2D eigenvalue weighted by Gasteiger charge is 2.05. The fraction of sp³-hybridized carbons (Fsp3) is 0.188. The number of anilines is 1. The molecule has 0 aliphatic heterocycles. The minimum absolute atomic E-state index is 0.288. The molecular weight excluding hydrogens is 382 g/mol. The Morgan fingerprint density at radius 3 is 2.57 bits per heavy atom. The summed E-state index contributed by atoms with van der Waals surface area (Å²) in [5.74, 6) is 1.55. The fourth-order valence-corrected chi connectivity index (χ4v) is 2.65. The van der Waals surface area contributed by atoms with E-state index in [1.807, 2.05) is 24.3 Å². The van der Waals surface area contributed by atoms with Crippen LogP contribution in [0.25, 0.3) is 0 Å². The molecule has 3 N–H and O–H groups in total. The molecule has 2 aromatic rings. The average molecular weight is 399 g/mol. The molecule has 0 fully saturated rings. The topological polar surface area (TPSA) is 68.9 Å². The third-order valence-corrected chi connectivity index (χ3v) is 3.94. The van der Waals surface area contributed by atoms with Gasteiger partial charge in [0.2, 0.25) is 0 Å². The van der Waals surface area contributed by atoms with Crippen molar-refractivity contribution in [3.8, 4) is 11.5 Å². The Morgan fingerprint density at radius 1 is 1.17 bits per heavy atom. The molecule has 0 bridgehead atoms. The lowest BCUT2D eigenvalue weighted by atomic mass is 10.2. The number of ether oxygens (including phenoxy) is 2. The lowest BCUT2D eigenvalue weighted by molar-refractivity contribution is 0.355. The zero-order valence-electron chi connectivity index (χ0n) is 12.8. The van der Waals surface area contributed by atoms with Gasteiger partial charge < -0.3 is 20.5 Å². The van der Waals surface area contributed by atoms with E-state index in [0.717, 1.165) is 15.7 Å². The van der Waals surface area contributed by atoms with Gasteiger partial charge in [-0.2, -0.15) is 0 Å². The van der Waals surface area contributed by atoms with E-state index in [2.05, 4.69) is 26.2 Å². The predicted octanol–water partition coefficient (Wildman–Crippen LogP) is 4.05. The summed E-state index contributed by atoms with van der Waals surface area (Å²) in [6.07, 6.45) is 0. The molecule has 0 heterocycles. The molecule has 0 unspecified atom stereocenters. The van der Waals surface area contributed by atoms with Crippen molar-refractivity contribution in [2.24, 2.45) is 10.7 Å². The number of aliphatic imine (C=N–C) groups is 1. The summed E-state index contributed by atoms with van der Waals surface area (Å²) in [6, 6.07) is 11.0. The van der Waals surface area contributed by atoms with E-state index in [4.69, 9.17) is 26.8 Å². The highest BCUT2D eigenvalue weighted by Crippen LogP contribution is 2.29. The maximum Gasteiger partial charge on any atom is 0.193 e. The molecule has 23 heavy (non-hydrogen) atoms. The van der Waals surface area contributed by atoms with Crippen LogP contribution in [-0.4, -0.2) is 20.2 Å². The summed E-state index contributed by atoms with van der Waals surface area (Å²) in [6.45, 7) is 0.387. The highest BCUT2D eigenvalue weighted by atomic mass is 79.9. The summed E-state index contributed by atoms with van der Waals surface area (Å²) in [5.41, 5.74) is 7.56. The smallest absolute Gasteiger partial charge is 0.193 e. The normalized spacial score (nSPS) is 11.2. The van der Waals surface area contributed by atoms with Gasteiger partial charge in [0.1, 0.15) is 0 Å². The number of hydrogen-bond donors (Lipinski definition) is 2. The number of nitrogens with zero attached hydrogens (tertiary/aromatic N) is 1. The lowest BCUT2D eigenvalue weighted by Crippen LogP contribution is -2.22. The number of nitrogens with one attached hydrogen (secondary N) is 1. The Hall–Kier alpha value is -1.92. The first-order chi connectivity index (χ1) is 11.0. The van der Waals surface area contributed by atoms with E-state index in [-0.39, 0.29) is 5.96 Å². The van der Waals surface area contributed by atoms with Crippen molar-refractivity contribution in [2.45, 2.75) is 6.54 Å². The van der Waals surface area contributed by atoms with Crippen molar-refractivity contribution in [3.63, 3.8) is 0 Å². The quantitative estimate of drug-likeness (QED) is 0.589. The molecule has 0 spiro atoms. The van der Waals surface area contributed by atoms with Crippen LogP contribution in [-0.2, 0) is 6.54 Å². The first-order valence-electron chi connectivity index (χ1n) is 6.76. The van der Waals surface area contributed by atoms with Crippen molar-refractivity contribution in [3.05, 3.63) is 51.5 Å². The van der Waals surface area contributed by atoms with E-state index < -0.39 is 0 Å². The van der Waals surface area contributed by atoms with E-state index in [1.165, 1.54) is 0 Å². The molecule has 5 nitrogen and oxygen atoms in total. The van der Waals surface area contributed by atoms with Gasteiger partial charge in [0.25, 0.3) is 0 Å². The summed E-state index contributed by atoms with van der Waals surface area (Å²) in [4.78, 5) is 4.29. The number of benzene rings is 2. The molecule has 7 heteroatoms. The Kier molecular flexibility index (Phi) is 6.12. The van der Waals surface area contributed by atoms with Crippen LogP contribution in [0.5, 0.6) is 11.5 Å². The number of rotatable bonds is 5. The van der Waals surface area contributed by atoms with Gasteiger partial charge in [0.05, 0.1) is 20.8 Å². The largest absolute Gasteiger partial charge is 0.493 e. The van der Waals surface area contributed by atoms with Gasteiger partial charge in [-0.25, -0.2) is 4.99 Å². The molecule has 0 aliphatic rings. The second-order valence-electron chi connectivity index (χ2n) is 4.63. The highest BCUT2D eigenvalue weighted by molar-refractivity contribution is 9.10. The van der Waals surface area contributed by atoms with Crippen molar-refractivity contribution in [1.29, 1.82) is 0 Å². The van der Waals surface area contributed by atoms with Gasteiger partial charge in [0.15, 0.2) is 17.5 Å². The van der Waals surface area contributed by atoms with Crippen LogP contribution in [0.4, 0.5) is 5.69 Å². The Balaban J connectivity index is 2.07. The first kappa shape index (κ1) is 17.4. The first-order valence-corrected chi connectivity index (χ1v) is 7.93. The van der Waals surface area contributed by atoms with Crippen molar-refractivity contribution >= 4 is 39.2 Å². The number of hydrogen-bond acceptors (Lipinski definition) is 3. The molecule has 0 saturated heterocycles. The van der Waals surface area contributed by atoms with Crippen LogP contribution in [0.3, 0.4) is 0 Å². The standard InChI is InChI=1S/C16H17BrClN3O2/c1-22-14-6-5-12(8-15(14)23-2)21-16(19)20-9-10-3-4-11(17)7-13(10)18/h3-8H,9H2,1-2H3,(H3,19,20,21). The maximum absolute atomic E-state index is 6.16. The maximum atomic E-state index is 6.16.